The number of carbonyl (C=O) groups excluding carboxylic acids is 1. The number of rotatable bonds is 7. The zero-order valence-electron chi connectivity index (χ0n) is 18.2. The van der Waals surface area contributed by atoms with E-state index < -0.39 is 0 Å². The van der Waals surface area contributed by atoms with E-state index in [9.17, 15) is 4.79 Å². The number of aromatic nitrogens is 2. The first-order chi connectivity index (χ1) is 15.1. The van der Waals surface area contributed by atoms with Crippen molar-refractivity contribution in [2.45, 2.75) is 20.4 Å². The van der Waals surface area contributed by atoms with Gasteiger partial charge in [-0.3, -0.25) is 9.36 Å². The Morgan fingerprint density at radius 1 is 0.968 bits per heavy atom. The lowest BCUT2D eigenvalue weighted by atomic mass is 10.1. The Morgan fingerprint density at radius 3 is 2.32 bits per heavy atom. The molecule has 0 radical (unpaired) electrons. The number of nitrogens with zero attached hydrogens (tertiary/aromatic N) is 3. The van der Waals surface area contributed by atoms with Gasteiger partial charge >= 0.3 is 0 Å². The first-order valence-corrected chi connectivity index (χ1v) is 10.5. The number of fused-ring (bicyclic) bond motifs is 1. The molecule has 0 bridgehead atoms. The highest BCUT2D eigenvalue weighted by molar-refractivity contribution is 5.94. The van der Waals surface area contributed by atoms with Crippen molar-refractivity contribution in [1.29, 1.82) is 0 Å². The Kier molecular flexibility index (Phi) is 6.03. The Bertz CT molecular complexity index is 1160. The van der Waals surface area contributed by atoms with E-state index in [1.165, 1.54) is 0 Å². The van der Waals surface area contributed by atoms with E-state index in [0.29, 0.717) is 24.6 Å². The summed E-state index contributed by atoms with van der Waals surface area (Å²) in [6.07, 6.45) is 0. The van der Waals surface area contributed by atoms with Crippen LogP contribution in [0.5, 0.6) is 5.75 Å². The summed E-state index contributed by atoms with van der Waals surface area (Å²) in [7, 11) is 1.62. The fraction of sp³-hybridized carbons (Fsp3) is 0.231. The Morgan fingerprint density at radius 2 is 1.65 bits per heavy atom. The fourth-order valence-corrected chi connectivity index (χ4v) is 3.79. The largest absolute Gasteiger partial charge is 0.497 e. The third-order valence-corrected chi connectivity index (χ3v) is 5.19. The van der Waals surface area contributed by atoms with Crippen LogP contribution in [0, 0.1) is 5.92 Å². The summed E-state index contributed by atoms with van der Waals surface area (Å²) in [5.74, 6) is 1.90. The number of amides is 1. The monoisotopic (exact) mass is 413 g/mol. The van der Waals surface area contributed by atoms with Crippen molar-refractivity contribution in [3.05, 3.63) is 90.3 Å². The molecule has 0 N–H and O–H groups in total. The molecule has 0 aliphatic heterocycles. The Balaban J connectivity index is 1.74. The van der Waals surface area contributed by atoms with Crippen LogP contribution in [0.1, 0.15) is 30.0 Å². The molecule has 0 aliphatic carbocycles. The molecule has 1 heterocycles. The smallest absolute Gasteiger partial charge is 0.254 e. The number of ether oxygens (including phenoxy) is 1. The number of hydrogen-bond acceptors (Lipinski definition) is 3. The second-order valence-corrected chi connectivity index (χ2v) is 8.00. The molecule has 0 aliphatic rings. The predicted molar refractivity (Wildman–Crippen MR) is 124 cm³/mol. The molecule has 158 valence electrons. The maximum atomic E-state index is 13.4. The molecule has 0 saturated carbocycles. The summed E-state index contributed by atoms with van der Waals surface area (Å²) in [5, 5.41) is 0. The summed E-state index contributed by atoms with van der Waals surface area (Å²) in [5.41, 5.74) is 3.63. The highest BCUT2D eigenvalue weighted by atomic mass is 16.5. The van der Waals surface area contributed by atoms with Crippen LogP contribution in [-0.4, -0.2) is 34.0 Å². The van der Waals surface area contributed by atoms with Crippen molar-refractivity contribution in [1.82, 2.24) is 14.5 Å². The first kappa shape index (κ1) is 20.7. The molecular weight excluding hydrogens is 386 g/mol. The normalized spacial score (nSPS) is 11.1. The number of imidazole rings is 1. The van der Waals surface area contributed by atoms with Crippen LogP contribution in [0.3, 0.4) is 0 Å². The fourth-order valence-electron chi connectivity index (χ4n) is 3.79. The Hall–Kier alpha value is -3.60. The lowest BCUT2D eigenvalue weighted by Gasteiger charge is -2.25. The standard InChI is InChI=1S/C26H27N3O2/c1-19(2)17-28(26(30)20-13-15-22(31-3)16-14-20)18-25-27-23-11-7-8-12-24(23)29(25)21-9-5-4-6-10-21/h4-16,19H,17-18H2,1-3H3. The van der Waals surface area contributed by atoms with Crippen molar-refractivity contribution in [2.75, 3.05) is 13.7 Å². The zero-order chi connectivity index (χ0) is 21.8. The molecule has 0 saturated heterocycles. The molecule has 1 amide bonds. The van der Waals surface area contributed by atoms with E-state index in [4.69, 9.17) is 9.72 Å². The summed E-state index contributed by atoms with van der Waals surface area (Å²) in [6.45, 7) is 5.30. The third kappa shape index (κ3) is 4.45. The average Bonchev–Trinajstić information content (AvgIpc) is 3.16. The van der Waals surface area contributed by atoms with Gasteiger partial charge in [0.05, 0.1) is 24.7 Å². The molecule has 0 unspecified atom stereocenters. The lowest BCUT2D eigenvalue weighted by Crippen LogP contribution is -2.34. The van der Waals surface area contributed by atoms with Gasteiger partial charge in [-0.1, -0.05) is 44.2 Å². The molecule has 5 heteroatoms. The number of carbonyl (C=O) groups is 1. The van der Waals surface area contributed by atoms with E-state index in [2.05, 4.69) is 36.6 Å². The van der Waals surface area contributed by atoms with Crippen molar-refractivity contribution >= 4 is 16.9 Å². The number of hydrogen-bond donors (Lipinski definition) is 0. The van der Waals surface area contributed by atoms with Crippen LogP contribution >= 0.6 is 0 Å². The summed E-state index contributed by atoms with van der Waals surface area (Å²) >= 11 is 0. The molecule has 4 aromatic rings. The maximum absolute atomic E-state index is 13.4. The SMILES string of the molecule is COc1ccc(C(=O)N(Cc2nc3ccccc3n2-c2ccccc2)CC(C)C)cc1. The van der Waals surface area contributed by atoms with Crippen LogP contribution in [0.4, 0.5) is 0 Å². The van der Waals surface area contributed by atoms with Gasteiger partial charge in [0.2, 0.25) is 0 Å². The van der Waals surface area contributed by atoms with Crippen molar-refractivity contribution < 1.29 is 9.53 Å². The summed E-state index contributed by atoms with van der Waals surface area (Å²) < 4.78 is 7.37. The minimum Gasteiger partial charge on any atom is -0.497 e. The second-order valence-electron chi connectivity index (χ2n) is 8.00. The van der Waals surface area contributed by atoms with Gasteiger partial charge in [0, 0.05) is 17.8 Å². The van der Waals surface area contributed by atoms with Crippen LogP contribution in [0.2, 0.25) is 0 Å². The Labute approximate surface area is 182 Å². The summed E-state index contributed by atoms with van der Waals surface area (Å²) in [6, 6.07) is 25.5. The van der Waals surface area contributed by atoms with Crippen molar-refractivity contribution in [2.24, 2.45) is 5.92 Å². The molecular formula is C26H27N3O2. The van der Waals surface area contributed by atoms with E-state index in [-0.39, 0.29) is 5.91 Å². The maximum Gasteiger partial charge on any atom is 0.254 e. The van der Waals surface area contributed by atoms with E-state index in [1.54, 1.807) is 7.11 Å². The predicted octanol–water partition coefficient (Wildman–Crippen LogP) is 5.33. The molecule has 4 rings (SSSR count). The van der Waals surface area contributed by atoms with E-state index in [1.807, 2.05) is 65.6 Å². The van der Waals surface area contributed by atoms with Gasteiger partial charge < -0.3 is 9.64 Å². The van der Waals surface area contributed by atoms with Gasteiger partial charge in [0.15, 0.2) is 0 Å². The molecule has 3 aromatic carbocycles. The molecule has 0 spiro atoms. The topological polar surface area (TPSA) is 47.4 Å². The van der Waals surface area contributed by atoms with Crippen molar-refractivity contribution in [3.63, 3.8) is 0 Å². The highest BCUT2D eigenvalue weighted by Gasteiger charge is 2.21. The molecule has 0 fully saturated rings. The minimum atomic E-state index is -0.0111. The highest BCUT2D eigenvalue weighted by Crippen LogP contribution is 2.23. The zero-order valence-corrected chi connectivity index (χ0v) is 18.2. The molecule has 31 heavy (non-hydrogen) atoms. The average molecular weight is 414 g/mol. The quantitative estimate of drug-likeness (QED) is 0.411. The number of methoxy groups -OCH3 is 1. The van der Waals surface area contributed by atoms with Crippen LogP contribution < -0.4 is 4.74 Å². The second kappa shape index (κ2) is 9.04. The molecule has 5 nitrogen and oxygen atoms in total. The first-order valence-electron chi connectivity index (χ1n) is 10.5. The van der Waals surface area contributed by atoms with Crippen LogP contribution in [0.25, 0.3) is 16.7 Å². The third-order valence-electron chi connectivity index (χ3n) is 5.19. The van der Waals surface area contributed by atoms with Crippen molar-refractivity contribution in [3.8, 4) is 11.4 Å². The molecule has 0 atom stereocenters. The van der Waals surface area contributed by atoms with Crippen LogP contribution in [0.15, 0.2) is 78.9 Å². The van der Waals surface area contributed by atoms with Gasteiger partial charge in [-0.05, 0) is 54.4 Å². The number of para-hydroxylation sites is 3. The van der Waals surface area contributed by atoms with Gasteiger partial charge in [-0.2, -0.15) is 0 Å². The lowest BCUT2D eigenvalue weighted by molar-refractivity contribution is 0.0717. The molecule has 1 aromatic heterocycles. The van der Waals surface area contributed by atoms with Gasteiger partial charge in [0.1, 0.15) is 11.6 Å². The van der Waals surface area contributed by atoms with Crippen LogP contribution in [-0.2, 0) is 6.54 Å². The number of benzene rings is 3. The van der Waals surface area contributed by atoms with Gasteiger partial charge in [0.25, 0.3) is 5.91 Å². The summed E-state index contributed by atoms with van der Waals surface area (Å²) in [4.78, 5) is 20.2. The van der Waals surface area contributed by atoms with Gasteiger partial charge in [-0.25, -0.2) is 4.98 Å². The van der Waals surface area contributed by atoms with E-state index in [0.717, 1.165) is 28.3 Å². The van der Waals surface area contributed by atoms with E-state index >= 15 is 0 Å². The van der Waals surface area contributed by atoms with Gasteiger partial charge in [-0.15, -0.1) is 0 Å². The minimum absolute atomic E-state index is 0.0111.